The van der Waals surface area contributed by atoms with Gasteiger partial charge >= 0.3 is 5.97 Å². The van der Waals surface area contributed by atoms with Gasteiger partial charge in [-0.25, -0.2) is 4.79 Å². The molecule has 0 spiro atoms. The molecule has 1 amide bonds. The number of ether oxygens (including phenoxy) is 2. The second-order valence-corrected chi connectivity index (χ2v) is 5.91. The number of hydrogen-bond acceptors (Lipinski definition) is 4. The van der Waals surface area contributed by atoms with Crippen LogP contribution in [0.25, 0.3) is 0 Å². The molecule has 138 valence electrons. The van der Waals surface area contributed by atoms with Gasteiger partial charge in [-0.3, -0.25) is 4.79 Å². The number of amides is 1. The van der Waals surface area contributed by atoms with Gasteiger partial charge in [-0.15, -0.1) is 0 Å². The lowest BCUT2D eigenvalue weighted by Crippen LogP contribution is -2.30. The molecule has 26 heavy (non-hydrogen) atoms. The van der Waals surface area contributed by atoms with Crippen LogP contribution in [0.4, 0.5) is 5.69 Å². The predicted molar refractivity (Wildman–Crippen MR) is 102 cm³/mol. The lowest BCUT2D eigenvalue weighted by Gasteiger charge is -2.18. The number of para-hydroxylation sites is 1. The summed E-state index contributed by atoms with van der Waals surface area (Å²) >= 11 is 0. The number of anilines is 1. The van der Waals surface area contributed by atoms with Gasteiger partial charge in [0.15, 0.2) is 6.10 Å². The van der Waals surface area contributed by atoms with Gasteiger partial charge in [0.2, 0.25) is 0 Å². The monoisotopic (exact) mass is 355 g/mol. The van der Waals surface area contributed by atoms with E-state index in [-0.39, 0.29) is 5.91 Å². The van der Waals surface area contributed by atoms with Gasteiger partial charge in [-0.2, -0.15) is 0 Å². The van der Waals surface area contributed by atoms with Gasteiger partial charge in [0.05, 0.1) is 12.2 Å². The van der Waals surface area contributed by atoms with Crippen molar-refractivity contribution in [2.45, 2.75) is 40.2 Å². The van der Waals surface area contributed by atoms with E-state index < -0.39 is 12.1 Å². The van der Waals surface area contributed by atoms with E-state index in [9.17, 15) is 9.59 Å². The molecule has 0 aliphatic heterocycles. The van der Waals surface area contributed by atoms with E-state index in [0.29, 0.717) is 29.2 Å². The van der Waals surface area contributed by atoms with Crippen LogP contribution < -0.4 is 10.1 Å². The fourth-order valence-electron chi connectivity index (χ4n) is 2.59. The Morgan fingerprint density at radius 3 is 2.50 bits per heavy atom. The van der Waals surface area contributed by atoms with Gasteiger partial charge in [-0.1, -0.05) is 31.2 Å². The molecule has 0 saturated carbocycles. The fraction of sp³-hybridized carbons (Fsp3) is 0.333. The molecule has 2 aromatic carbocycles. The molecule has 2 aromatic rings. The Balaban J connectivity index is 2.12. The van der Waals surface area contributed by atoms with E-state index >= 15 is 0 Å². The zero-order valence-electron chi connectivity index (χ0n) is 15.7. The van der Waals surface area contributed by atoms with Gasteiger partial charge in [-0.05, 0) is 56.5 Å². The Kier molecular flexibility index (Phi) is 6.78. The standard InChI is InChI=1S/C21H25NO4/c1-5-16-10-7-8-13-19(16)26-15(4)20(23)22-18-12-9-11-17(14(18)3)21(24)25-6-2/h7-13,15H,5-6H2,1-4H3,(H,22,23)/t15-/m0/s1. The molecular formula is C21H25NO4. The molecule has 0 aliphatic carbocycles. The molecule has 5 nitrogen and oxygen atoms in total. The maximum absolute atomic E-state index is 12.5. The van der Waals surface area contributed by atoms with Crippen LogP contribution >= 0.6 is 0 Å². The quantitative estimate of drug-likeness (QED) is 0.758. The number of carbonyl (C=O) groups is 2. The Hall–Kier alpha value is -2.82. The zero-order valence-corrected chi connectivity index (χ0v) is 15.7. The van der Waals surface area contributed by atoms with Gasteiger partial charge in [0.25, 0.3) is 5.91 Å². The van der Waals surface area contributed by atoms with Crippen LogP contribution in [-0.4, -0.2) is 24.6 Å². The van der Waals surface area contributed by atoms with E-state index in [0.717, 1.165) is 12.0 Å². The minimum atomic E-state index is -0.673. The van der Waals surface area contributed by atoms with Crippen molar-refractivity contribution >= 4 is 17.6 Å². The van der Waals surface area contributed by atoms with Crippen molar-refractivity contribution in [2.75, 3.05) is 11.9 Å². The molecule has 0 radical (unpaired) electrons. The number of aryl methyl sites for hydroxylation is 1. The molecular weight excluding hydrogens is 330 g/mol. The zero-order chi connectivity index (χ0) is 19.1. The fourth-order valence-corrected chi connectivity index (χ4v) is 2.59. The van der Waals surface area contributed by atoms with E-state index in [1.807, 2.05) is 31.2 Å². The summed E-state index contributed by atoms with van der Waals surface area (Å²) in [5, 5.41) is 2.83. The van der Waals surface area contributed by atoms with Crippen LogP contribution in [0, 0.1) is 6.92 Å². The first-order chi connectivity index (χ1) is 12.5. The first kappa shape index (κ1) is 19.5. The second kappa shape index (κ2) is 9.04. The minimum Gasteiger partial charge on any atom is -0.481 e. The summed E-state index contributed by atoms with van der Waals surface area (Å²) in [7, 11) is 0. The number of nitrogens with one attached hydrogen (secondary N) is 1. The van der Waals surface area contributed by atoms with Gasteiger partial charge in [0.1, 0.15) is 5.75 Å². The van der Waals surface area contributed by atoms with Crippen molar-refractivity contribution < 1.29 is 19.1 Å². The van der Waals surface area contributed by atoms with Crippen LogP contribution in [-0.2, 0) is 16.0 Å². The van der Waals surface area contributed by atoms with Gasteiger partial charge in [0, 0.05) is 5.69 Å². The summed E-state index contributed by atoms with van der Waals surface area (Å²) in [6, 6.07) is 12.8. The highest BCUT2D eigenvalue weighted by atomic mass is 16.5. The lowest BCUT2D eigenvalue weighted by molar-refractivity contribution is -0.122. The highest BCUT2D eigenvalue weighted by molar-refractivity contribution is 5.98. The normalized spacial score (nSPS) is 11.5. The third kappa shape index (κ3) is 4.63. The number of benzene rings is 2. The average molecular weight is 355 g/mol. The summed E-state index contributed by atoms with van der Waals surface area (Å²) in [6.45, 7) is 7.58. The number of hydrogen-bond donors (Lipinski definition) is 1. The molecule has 0 unspecified atom stereocenters. The topological polar surface area (TPSA) is 64.6 Å². The Bertz CT molecular complexity index is 785. The molecule has 0 aromatic heterocycles. The Labute approximate surface area is 154 Å². The van der Waals surface area contributed by atoms with E-state index in [1.165, 1.54) is 0 Å². The van der Waals surface area contributed by atoms with Crippen LogP contribution in [0.3, 0.4) is 0 Å². The van der Waals surface area contributed by atoms with Crippen molar-refractivity contribution in [1.82, 2.24) is 0 Å². The maximum atomic E-state index is 12.5. The number of esters is 1. The van der Waals surface area contributed by atoms with Crippen LogP contribution in [0.5, 0.6) is 5.75 Å². The second-order valence-electron chi connectivity index (χ2n) is 5.91. The molecule has 0 fully saturated rings. The van der Waals surface area contributed by atoms with E-state index in [2.05, 4.69) is 5.32 Å². The summed E-state index contributed by atoms with van der Waals surface area (Å²) in [5.74, 6) is 0.0249. The smallest absolute Gasteiger partial charge is 0.338 e. The largest absolute Gasteiger partial charge is 0.481 e. The molecule has 5 heteroatoms. The SMILES string of the molecule is CCOC(=O)c1cccc(NC(=O)[C@H](C)Oc2ccccc2CC)c1C. The molecule has 0 bridgehead atoms. The summed E-state index contributed by atoms with van der Waals surface area (Å²) < 4.78 is 10.9. The van der Waals surface area contributed by atoms with Crippen molar-refractivity contribution in [1.29, 1.82) is 0 Å². The summed E-state index contributed by atoms with van der Waals surface area (Å²) in [5.41, 5.74) is 2.72. The van der Waals surface area contributed by atoms with Crippen molar-refractivity contribution in [2.24, 2.45) is 0 Å². The molecule has 1 N–H and O–H groups in total. The van der Waals surface area contributed by atoms with E-state index in [4.69, 9.17) is 9.47 Å². The Morgan fingerprint density at radius 1 is 1.08 bits per heavy atom. The predicted octanol–water partition coefficient (Wildman–Crippen LogP) is 4.14. The molecule has 0 saturated heterocycles. The summed E-state index contributed by atoms with van der Waals surface area (Å²) in [4.78, 5) is 24.5. The van der Waals surface area contributed by atoms with Crippen molar-refractivity contribution in [3.8, 4) is 5.75 Å². The number of carbonyl (C=O) groups excluding carboxylic acids is 2. The third-order valence-corrected chi connectivity index (χ3v) is 4.11. The molecule has 2 rings (SSSR count). The summed E-state index contributed by atoms with van der Waals surface area (Å²) in [6.07, 6.45) is 0.152. The van der Waals surface area contributed by atoms with E-state index in [1.54, 1.807) is 39.0 Å². The lowest BCUT2D eigenvalue weighted by atomic mass is 10.1. The average Bonchev–Trinajstić information content (AvgIpc) is 2.63. The third-order valence-electron chi connectivity index (χ3n) is 4.11. The molecule has 0 heterocycles. The Morgan fingerprint density at radius 2 is 1.81 bits per heavy atom. The highest BCUT2D eigenvalue weighted by Gasteiger charge is 2.19. The molecule has 1 atom stereocenters. The first-order valence-corrected chi connectivity index (χ1v) is 8.80. The van der Waals surface area contributed by atoms with Crippen molar-refractivity contribution in [3.05, 3.63) is 59.2 Å². The van der Waals surface area contributed by atoms with Crippen molar-refractivity contribution in [3.63, 3.8) is 0 Å². The first-order valence-electron chi connectivity index (χ1n) is 8.80. The number of rotatable bonds is 7. The van der Waals surface area contributed by atoms with Gasteiger partial charge < -0.3 is 14.8 Å². The molecule has 0 aliphatic rings. The minimum absolute atomic E-state index is 0.278. The maximum Gasteiger partial charge on any atom is 0.338 e. The van der Waals surface area contributed by atoms with Crippen LogP contribution in [0.1, 0.15) is 42.3 Å². The van der Waals surface area contributed by atoms with Crippen LogP contribution in [0.2, 0.25) is 0 Å². The van der Waals surface area contributed by atoms with Crippen LogP contribution in [0.15, 0.2) is 42.5 Å². The highest BCUT2D eigenvalue weighted by Crippen LogP contribution is 2.22.